The summed E-state index contributed by atoms with van der Waals surface area (Å²) in [6, 6.07) is 17.2. The van der Waals surface area contributed by atoms with E-state index < -0.39 is 0 Å². The van der Waals surface area contributed by atoms with E-state index in [1.165, 1.54) is 58.0 Å². The molecule has 4 heteroatoms. The van der Waals surface area contributed by atoms with Gasteiger partial charge in [0, 0.05) is 6.54 Å². The quantitative estimate of drug-likeness (QED) is 0.519. The van der Waals surface area contributed by atoms with Gasteiger partial charge in [-0.2, -0.15) is 0 Å². The number of benzene rings is 2. The Hall–Kier alpha value is -2.04. The molecule has 2 aromatic rings. The maximum absolute atomic E-state index is 6.47. The SMILES string of the molecule is CC1(COCC(CN2c3ccccc3Oc3ccccc32)N2CCCC2)CCCCC1. The number of likely N-dealkylation sites (tertiary alicyclic amines) is 1. The normalized spacial score (nSPS) is 21.3. The van der Waals surface area contributed by atoms with Crippen molar-refractivity contribution in [2.45, 2.75) is 57.9 Å². The number of nitrogens with zero attached hydrogens (tertiary/aromatic N) is 2. The van der Waals surface area contributed by atoms with Crippen molar-refractivity contribution in [2.75, 3.05) is 37.7 Å². The minimum absolute atomic E-state index is 0.367. The van der Waals surface area contributed by atoms with Gasteiger partial charge in [-0.1, -0.05) is 50.5 Å². The van der Waals surface area contributed by atoms with Crippen LogP contribution in [0.5, 0.6) is 11.5 Å². The van der Waals surface area contributed by atoms with E-state index in [1.54, 1.807) is 0 Å². The van der Waals surface area contributed by atoms with Gasteiger partial charge in [0.15, 0.2) is 11.5 Å². The first-order valence-electron chi connectivity index (χ1n) is 12.2. The maximum Gasteiger partial charge on any atom is 0.151 e. The molecule has 1 unspecified atom stereocenters. The largest absolute Gasteiger partial charge is 0.453 e. The van der Waals surface area contributed by atoms with Crippen molar-refractivity contribution in [3.05, 3.63) is 48.5 Å². The molecule has 2 heterocycles. The van der Waals surface area contributed by atoms with Gasteiger partial charge in [-0.25, -0.2) is 0 Å². The summed E-state index contributed by atoms with van der Waals surface area (Å²) in [5, 5.41) is 0. The summed E-state index contributed by atoms with van der Waals surface area (Å²) in [5.41, 5.74) is 2.68. The van der Waals surface area contributed by atoms with Gasteiger partial charge in [0.2, 0.25) is 0 Å². The van der Waals surface area contributed by atoms with Crippen LogP contribution in [0.3, 0.4) is 0 Å². The second-order valence-corrected chi connectivity index (χ2v) is 9.93. The Morgan fingerprint density at radius 2 is 1.48 bits per heavy atom. The topological polar surface area (TPSA) is 24.9 Å². The molecule has 166 valence electrons. The molecule has 2 aliphatic heterocycles. The predicted octanol–water partition coefficient (Wildman–Crippen LogP) is 6.38. The number of hydrogen-bond donors (Lipinski definition) is 0. The molecule has 4 nitrogen and oxygen atoms in total. The molecule has 0 N–H and O–H groups in total. The summed E-state index contributed by atoms with van der Waals surface area (Å²) in [7, 11) is 0. The second-order valence-electron chi connectivity index (χ2n) is 9.93. The molecular formula is C27H36N2O2. The summed E-state index contributed by atoms with van der Waals surface area (Å²) >= 11 is 0. The van der Waals surface area contributed by atoms with Crippen molar-refractivity contribution < 1.29 is 9.47 Å². The zero-order chi connectivity index (χ0) is 21.1. The van der Waals surface area contributed by atoms with Crippen LogP contribution in [0.2, 0.25) is 0 Å². The molecule has 1 saturated heterocycles. The average molecular weight is 421 g/mol. The molecular weight excluding hydrogens is 384 g/mol. The third-order valence-electron chi connectivity index (χ3n) is 7.40. The minimum Gasteiger partial charge on any atom is -0.453 e. The Bertz CT molecular complexity index is 826. The van der Waals surface area contributed by atoms with Crippen molar-refractivity contribution in [1.29, 1.82) is 0 Å². The van der Waals surface area contributed by atoms with Gasteiger partial charge < -0.3 is 14.4 Å². The van der Waals surface area contributed by atoms with E-state index in [1.807, 2.05) is 0 Å². The molecule has 3 aliphatic rings. The number of anilines is 2. The predicted molar refractivity (Wildman–Crippen MR) is 127 cm³/mol. The lowest BCUT2D eigenvalue weighted by Gasteiger charge is -2.38. The van der Waals surface area contributed by atoms with Crippen LogP contribution in [0, 0.1) is 5.41 Å². The first-order chi connectivity index (χ1) is 15.2. The van der Waals surface area contributed by atoms with Gasteiger partial charge in [-0.15, -0.1) is 0 Å². The summed E-state index contributed by atoms with van der Waals surface area (Å²) < 4.78 is 12.7. The molecule has 2 aromatic carbocycles. The standard InChI is InChI=1S/C27H36N2O2/c1-27(15-7-2-8-16-27)21-30-20-22(28-17-9-10-18-28)19-29-23-11-3-5-13-25(23)31-26-14-6-4-12-24(26)29/h3-6,11-14,22H,2,7-10,15-21H2,1H3. The van der Waals surface area contributed by atoms with Crippen LogP contribution in [-0.2, 0) is 4.74 Å². The van der Waals surface area contributed by atoms with Crippen molar-refractivity contribution in [1.82, 2.24) is 4.90 Å². The van der Waals surface area contributed by atoms with Crippen LogP contribution in [0.25, 0.3) is 0 Å². The van der Waals surface area contributed by atoms with E-state index in [-0.39, 0.29) is 0 Å². The third-order valence-corrected chi connectivity index (χ3v) is 7.40. The summed E-state index contributed by atoms with van der Waals surface area (Å²) in [6.07, 6.45) is 9.32. The van der Waals surface area contributed by atoms with Crippen LogP contribution < -0.4 is 9.64 Å². The Labute approximate surface area is 187 Å². The van der Waals surface area contributed by atoms with Gasteiger partial charge in [-0.3, -0.25) is 4.90 Å². The Morgan fingerprint density at radius 1 is 0.871 bits per heavy atom. The fourth-order valence-electron chi connectivity index (χ4n) is 5.56. The molecule has 5 rings (SSSR count). The second kappa shape index (κ2) is 9.22. The number of para-hydroxylation sites is 4. The Morgan fingerprint density at radius 3 is 2.13 bits per heavy atom. The first-order valence-corrected chi connectivity index (χ1v) is 12.2. The van der Waals surface area contributed by atoms with Gasteiger partial charge >= 0.3 is 0 Å². The highest BCUT2D eigenvalue weighted by molar-refractivity contribution is 5.77. The zero-order valence-electron chi connectivity index (χ0n) is 18.9. The van der Waals surface area contributed by atoms with E-state index >= 15 is 0 Å². The summed E-state index contributed by atoms with van der Waals surface area (Å²) in [5.74, 6) is 1.88. The fraction of sp³-hybridized carbons (Fsp3) is 0.556. The van der Waals surface area contributed by atoms with Gasteiger partial charge in [0.05, 0.1) is 30.6 Å². The molecule has 0 aromatic heterocycles. The average Bonchev–Trinajstić information content (AvgIpc) is 3.33. The van der Waals surface area contributed by atoms with Crippen molar-refractivity contribution >= 4 is 11.4 Å². The number of hydrogen-bond acceptors (Lipinski definition) is 4. The van der Waals surface area contributed by atoms with Crippen LogP contribution in [0.4, 0.5) is 11.4 Å². The molecule has 0 radical (unpaired) electrons. The number of fused-ring (bicyclic) bond motifs is 2. The Kier molecular flexibility index (Phi) is 6.20. The van der Waals surface area contributed by atoms with Crippen LogP contribution in [0.15, 0.2) is 48.5 Å². The lowest BCUT2D eigenvalue weighted by molar-refractivity contribution is 0.00512. The molecule has 1 saturated carbocycles. The van der Waals surface area contributed by atoms with Crippen molar-refractivity contribution in [3.8, 4) is 11.5 Å². The van der Waals surface area contributed by atoms with Gasteiger partial charge in [0.1, 0.15) is 0 Å². The monoisotopic (exact) mass is 420 g/mol. The first kappa shape index (κ1) is 20.8. The number of rotatable bonds is 7. The number of ether oxygens (including phenoxy) is 2. The van der Waals surface area contributed by atoms with Gasteiger partial charge in [-0.05, 0) is 68.5 Å². The van der Waals surface area contributed by atoms with Crippen LogP contribution >= 0.6 is 0 Å². The highest BCUT2D eigenvalue weighted by atomic mass is 16.5. The fourth-order valence-corrected chi connectivity index (χ4v) is 5.56. The lowest BCUT2D eigenvalue weighted by Crippen LogP contribution is -2.45. The molecule has 1 aliphatic carbocycles. The lowest BCUT2D eigenvalue weighted by atomic mass is 9.76. The van der Waals surface area contributed by atoms with Crippen molar-refractivity contribution in [3.63, 3.8) is 0 Å². The highest BCUT2D eigenvalue weighted by Crippen LogP contribution is 2.46. The summed E-state index contributed by atoms with van der Waals surface area (Å²) in [4.78, 5) is 5.09. The van der Waals surface area contributed by atoms with E-state index in [2.05, 4.69) is 65.3 Å². The minimum atomic E-state index is 0.367. The maximum atomic E-state index is 6.47. The van der Waals surface area contributed by atoms with E-state index in [0.717, 1.165) is 42.6 Å². The van der Waals surface area contributed by atoms with Gasteiger partial charge in [0.25, 0.3) is 0 Å². The van der Waals surface area contributed by atoms with E-state index in [0.29, 0.717) is 11.5 Å². The highest BCUT2D eigenvalue weighted by Gasteiger charge is 2.31. The molecule has 1 atom stereocenters. The van der Waals surface area contributed by atoms with E-state index in [9.17, 15) is 0 Å². The Balaban J connectivity index is 1.34. The van der Waals surface area contributed by atoms with Crippen LogP contribution in [-0.4, -0.2) is 43.8 Å². The smallest absolute Gasteiger partial charge is 0.151 e. The van der Waals surface area contributed by atoms with Crippen LogP contribution in [0.1, 0.15) is 51.9 Å². The zero-order valence-corrected chi connectivity index (χ0v) is 18.9. The molecule has 0 amide bonds. The summed E-state index contributed by atoms with van der Waals surface area (Å²) in [6.45, 7) is 7.41. The molecule has 31 heavy (non-hydrogen) atoms. The third kappa shape index (κ3) is 4.61. The molecule has 0 bridgehead atoms. The van der Waals surface area contributed by atoms with Crippen molar-refractivity contribution in [2.24, 2.45) is 5.41 Å². The molecule has 0 spiro atoms. The molecule has 2 fully saturated rings. The van der Waals surface area contributed by atoms with E-state index in [4.69, 9.17) is 9.47 Å².